The molecule has 1 aliphatic carbocycles. The lowest BCUT2D eigenvalue weighted by molar-refractivity contribution is 0.0995. The Hall–Kier alpha value is 0. The Morgan fingerprint density at radius 3 is 1.91 bits per heavy atom. The van der Waals surface area contributed by atoms with Crippen LogP contribution in [0.2, 0.25) is 0 Å². The monoisotopic (exact) mass is 154 g/mol. The van der Waals surface area contributed by atoms with E-state index in [0.29, 0.717) is 10.8 Å². The van der Waals surface area contributed by atoms with Crippen molar-refractivity contribution < 1.29 is 0 Å². The minimum atomic E-state index is 0.590. The summed E-state index contributed by atoms with van der Waals surface area (Å²) >= 11 is 0. The van der Waals surface area contributed by atoms with Gasteiger partial charge in [-0.3, -0.25) is 0 Å². The van der Waals surface area contributed by atoms with Crippen molar-refractivity contribution in [1.82, 2.24) is 0 Å². The van der Waals surface area contributed by atoms with Gasteiger partial charge in [-0.2, -0.15) is 0 Å². The molecule has 1 rings (SSSR count). The van der Waals surface area contributed by atoms with Gasteiger partial charge < -0.3 is 0 Å². The molecular formula is C11H22. The Morgan fingerprint density at radius 2 is 1.82 bits per heavy atom. The van der Waals surface area contributed by atoms with Crippen LogP contribution in [0, 0.1) is 16.7 Å². The van der Waals surface area contributed by atoms with E-state index >= 15 is 0 Å². The quantitative estimate of drug-likeness (QED) is 0.579. The molecular weight excluding hydrogens is 132 g/mol. The second-order valence-electron chi connectivity index (χ2n) is 4.99. The van der Waals surface area contributed by atoms with Crippen LogP contribution >= 0.6 is 0 Å². The zero-order chi connectivity index (χ0) is 8.70. The summed E-state index contributed by atoms with van der Waals surface area (Å²) in [6, 6.07) is 0. The van der Waals surface area contributed by atoms with Crippen LogP contribution in [0.15, 0.2) is 0 Å². The van der Waals surface area contributed by atoms with Gasteiger partial charge in [0.05, 0.1) is 0 Å². The molecule has 0 N–H and O–H groups in total. The molecule has 0 nitrogen and oxygen atoms in total. The van der Waals surface area contributed by atoms with Crippen molar-refractivity contribution in [2.45, 2.75) is 53.9 Å². The Morgan fingerprint density at radius 1 is 1.36 bits per heavy atom. The second kappa shape index (κ2) is 2.50. The maximum atomic E-state index is 2.46. The molecule has 1 saturated carbocycles. The average molecular weight is 154 g/mol. The van der Waals surface area contributed by atoms with E-state index in [4.69, 9.17) is 0 Å². The summed E-state index contributed by atoms with van der Waals surface area (Å²) in [6.07, 6.45) is 4.24. The van der Waals surface area contributed by atoms with Gasteiger partial charge in [-0.1, -0.05) is 34.6 Å². The van der Waals surface area contributed by atoms with Gasteiger partial charge in [0.25, 0.3) is 0 Å². The lowest BCUT2D eigenvalue weighted by atomic mass is 9.66. The fourth-order valence-corrected chi connectivity index (χ4v) is 2.29. The van der Waals surface area contributed by atoms with Gasteiger partial charge in [0.2, 0.25) is 0 Å². The molecule has 0 aromatic carbocycles. The predicted octanol–water partition coefficient (Wildman–Crippen LogP) is 3.86. The van der Waals surface area contributed by atoms with E-state index in [0.717, 1.165) is 5.92 Å². The maximum Gasteiger partial charge on any atom is -0.0252 e. The normalized spacial score (nSPS) is 26.7. The van der Waals surface area contributed by atoms with Crippen LogP contribution in [0.4, 0.5) is 0 Å². The molecule has 0 radical (unpaired) electrons. The van der Waals surface area contributed by atoms with Crippen LogP contribution < -0.4 is 0 Å². The summed E-state index contributed by atoms with van der Waals surface area (Å²) in [6.45, 7) is 12.0. The van der Waals surface area contributed by atoms with Gasteiger partial charge in [0, 0.05) is 0 Å². The maximum absolute atomic E-state index is 2.46. The highest BCUT2D eigenvalue weighted by atomic mass is 14.6. The predicted molar refractivity (Wildman–Crippen MR) is 50.6 cm³/mol. The standard InChI is InChI=1S/C11H22/c1-6-11(5,9(2)3)10(4)7-8-10/h9H,6-8H2,1-5H3. The summed E-state index contributed by atoms with van der Waals surface area (Å²) in [5.74, 6) is 0.833. The van der Waals surface area contributed by atoms with Crippen LogP contribution in [-0.4, -0.2) is 0 Å². The van der Waals surface area contributed by atoms with Crippen molar-refractivity contribution in [3.8, 4) is 0 Å². The van der Waals surface area contributed by atoms with Gasteiger partial charge in [-0.15, -0.1) is 0 Å². The van der Waals surface area contributed by atoms with Crippen LogP contribution in [-0.2, 0) is 0 Å². The molecule has 0 aliphatic heterocycles. The number of rotatable bonds is 3. The first kappa shape index (κ1) is 9.09. The molecule has 0 heteroatoms. The lowest BCUT2D eigenvalue weighted by Crippen LogP contribution is -2.31. The molecule has 1 fully saturated rings. The lowest BCUT2D eigenvalue weighted by Gasteiger charge is -2.39. The summed E-state index contributed by atoms with van der Waals surface area (Å²) in [7, 11) is 0. The number of hydrogen-bond acceptors (Lipinski definition) is 0. The van der Waals surface area contributed by atoms with Crippen LogP contribution in [0.1, 0.15) is 53.9 Å². The van der Waals surface area contributed by atoms with Crippen molar-refractivity contribution in [3.05, 3.63) is 0 Å². The highest BCUT2D eigenvalue weighted by Gasteiger charge is 2.52. The molecule has 1 aliphatic rings. The fourth-order valence-electron chi connectivity index (χ4n) is 2.29. The largest absolute Gasteiger partial charge is 0.0648 e. The van der Waals surface area contributed by atoms with E-state index in [9.17, 15) is 0 Å². The van der Waals surface area contributed by atoms with Crippen LogP contribution in [0.3, 0.4) is 0 Å². The van der Waals surface area contributed by atoms with E-state index in [-0.39, 0.29) is 0 Å². The van der Waals surface area contributed by atoms with E-state index in [1.165, 1.54) is 19.3 Å². The molecule has 11 heavy (non-hydrogen) atoms. The summed E-state index contributed by atoms with van der Waals surface area (Å²) in [5, 5.41) is 0. The van der Waals surface area contributed by atoms with E-state index in [1.54, 1.807) is 0 Å². The first-order chi connectivity index (χ1) is 4.96. The van der Waals surface area contributed by atoms with Crippen molar-refractivity contribution in [2.24, 2.45) is 16.7 Å². The fraction of sp³-hybridized carbons (Fsp3) is 1.00. The molecule has 0 aromatic rings. The Bertz CT molecular complexity index is 142. The molecule has 66 valence electrons. The topological polar surface area (TPSA) is 0 Å². The minimum absolute atomic E-state index is 0.590. The third kappa shape index (κ3) is 1.21. The molecule has 0 amide bonds. The molecule has 1 unspecified atom stereocenters. The Labute approximate surface area is 71.4 Å². The molecule has 0 spiro atoms. The van der Waals surface area contributed by atoms with Gasteiger partial charge in [0.1, 0.15) is 0 Å². The van der Waals surface area contributed by atoms with E-state index in [2.05, 4.69) is 34.6 Å². The average Bonchev–Trinajstić information content (AvgIpc) is 2.67. The Kier molecular flexibility index (Phi) is 2.07. The van der Waals surface area contributed by atoms with Crippen LogP contribution in [0.25, 0.3) is 0 Å². The summed E-state index contributed by atoms with van der Waals surface area (Å²) in [4.78, 5) is 0. The summed E-state index contributed by atoms with van der Waals surface area (Å²) < 4.78 is 0. The van der Waals surface area contributed by atoms with Gasteiger partial charge in [0.15, 0.2) is 0 Å². The zero-order valence-corrected chi connectivity index (χ0v) is 8.70. The van der Waals surface area contributed by atoms with Crippen LogP contribution in [0.5, 0.6) is 0 Å². The molecule has 1 atom stereocenters. The molecule has 0 bridgehead atoms. The first-order valence-corrected chi connectivity index (χ1v) is 4.96. The van der Waals surface area contributed by atoms with E-state index in [1.807, 2.05) is 0 Å². The van der Waals surface area contributed by atoms with Gasteiger partial charge in [-0.25, -0.2) is 0 Å². The van der Waals surface area contributed by atoms with Crippen molar-refractivity contribution in [3.63, 3.8) is 0 Å². The highest BCUT2D eigenvalue weighted by Crippen LogP contribution is 2.62. The van der Waals surface area contributed by atoms with Crippen molar-refractivity contribution in [2.75, 3.05) is 0 Å². The smallest absolute Gasteiger partial charge is 0.0252 e. The first-order valence-electron chi connectivity index (χ1n) is 4.96. The SMILES string of the molecule is CCC(C)(C(C)C)C1(C)CC1. The minimum Gasteiger partial charge on any atom is -0.0648 e. The van der Waals surface area contributed by atoms with Gasteiger partial charge >= 0.3 is 0 Å². The summed E-state index contributed by atoms with van der Waals surface area (Å²) in [5.41, 5.74) is 1.27. The third-order valence-corrected chi connectivity index (χ3v) is 4.39. The van der Waals surface area contributed by atoms with E-state index < -0.39 is 0 Å². The zero-order valence-electron chi connectivity index (χ0n) is 8.70. The third-order valence-electron chi connectivity index (χ3n) is 4.39. The van der Waals surface area contributed by atoms with Crippen molar-refractivity contribution in [1.29, 1.82) is 0 Å². The van der Waals surface area contributed by atoms with Crippen molar-refractivity contribution >= 4 is 0 Å². The number of hydrogen-bond donors (Lipinski definition) is 0. The molecule has 0 aromatic heterocycles. The molecule has 0 saturated heterocycles. The Balaban J connectivity index is 2.75. The highest BCUT2D eigenvalue weighted by molar-refractivity contribution is 5.02. The molecule has 0 heterocycles. The van der Waals surface area contributed by atoms with Gasteiger partial charge in [-0.05, 0) is 36.0 Å². The second-order valence-corrected chi connectivity index (χ2v) is 4.99.